The minimum atomic E-state index is 0.104. The molecule has 2 aromatic heterocycles. The van der Waals surface area contributed by atoms with Crippen LogP contribution in [0.15, 0.2) is 48.8 Å². The highest BCUT2D eigenvalue weighted by molar-refractivity contribution is 5.89. The first-order valence-electron chi connectivity index (χ1n) is 7.06. The zero-order valence-electron chi connectivity index (χ0n) is 12.6. The quantitative estimate of drug-likeness (QED) is 0.726. The van der Waals surface area contributed by atoms with Crippen LogP contribution < -0.4 is 5.73 Å². The average molecular weight is 277 g/mol. The second-order valence-corrected chi connectivity index (χ2v) is 6.32. The van der Waals surface area contributed by atoms with Crippen LogP contribution in [-0.2, 0) is 5.41 Å². The third-order valence-electron chi connectivity index (χ3n) is 3.69. The topological polar surface area (TPSA) is 51.8 Å². The summed E-state index contributed by atoms with van der Waals surface area (Å²) in [7, 11) is 0. The molecule has 2 heterocycles. The molecule has 0 fully saturated rings. The first kappa shape index (κ1) is 13.6. The summed E-state index contributed by atoms with van der Waals surface area (Å²) in [5.74, 6) is 0.543. The van der Waals surface area contributed by atoms with Crippen molar-refractivity contribution < 1.29 is 0 Å². The number of anilines is 1. The number of nitrogens with two attached hydrogens (primary N) is 1. The van der Waals surface area contributed by atoms with Gasteiger partial charge in [0.05, 0.1) is 5.52 Å². The zero-order chi connectivity index (χ0) is 15.0. The van der Waals surface area contributed by atoms with E-state index in [1.807, 2.05) is 18.3 Å². The van der Waals surface area contributed by atoms with E-state index in [0.717, 1.165) is 22.0 Å². The molecular formula is C18H19N3. The number of hydrogen-bond acceptors (Lipinski definition) is 3. The summed E-state index contributed by atoms with van der Waals surface area (Å²) in [5.41, 5.74) is 10.4. The number of pyridine rings is 2. The Morgan fingerprint density at radius 3 is 2.52 bits per heavy atom. The normalized spacial score (nSPS) is 11.8. The summed E-state index contributed by atoms with van der Waals surface area (Å²) < 4.78 is 0. The lowest BCUT2D eigenvalue weighted by atomic mass is 9.86. The van der Waals surface area contributed by atoms with Crippen LogP contribution in [0.5, 0.6) is 0 Å². The van der Waals surface area contributed by atoms with Crippen LogP contribution in [0.25, 0.3) is 22.0 Å². The van der Waals surface area contributed by atoms with Gasteiger partial charge >= 0.3 is 0 Å². The van der Waals surface area contributed by atoms with E-state index in [1.165, 1.54) is 5.56 Å². The predicted octanol–water partition coefficient (Wildman–Crippen LogP) is 4.18. The van der Waals surface area contributed by atoms with Crippen LogP contribution in [0.2, 0.25) is 0 Å². The summed E-state index contributed by atoms with van der Waals surface area (Å²) in [5, 5.41) is 1.09. The van der Waals surface area contributed by atoms with Crippen LogP contribution in [0.1, 0.15) is 26.3 Å². The van der Waals surface area contributed by atoms with E-state index in [9.17, 15) is 0 Å². The summed E-state index contributed by atoms with van der Waals surface area (Å²) in [4.78, 5) is 8.72. The Kier molecular flexibility index (Phi) is 3.13. The highest BCUT2D eigenvalue weighted by Gasteiger charge is 2.15. The van der Waals surface area contributed by atoms with E-state index in [0.29, 0.717) is 5.82 Å². The molecule has 0 atom stereocenters. The van der Waals surface area contributed by atoms with Crippen molar-refractivity contribution in [3.05, 3.63) is 54.4 Å². The van der Waals surface area contributed by atoms with Crippen LogP contribution in [0.3, 0.4) is 0 Å². The Morgan fingerprint density at radius 1 is 1.05 bits per heavy atom. The lowest BCUT2D eigenvalue weighted by Gasteiger charge is -2.19. The summed E-state index contributed by atoms with van der Waals surface area (Å²) in [6.07, 6.45) is 3.56. The third kappa shape index (κ3) is 2.59. The molecule has 0 bridgehead atoms. The maximum Gasteiger partial charge on any atom is 0.132 e. The van der Waals surface area contributed by atoms with Crippen molar-refractivity contribution in [3.8, 4) is 11.1 Å². The first-order chi connectivity index (χ1) is 9.95. The fourth-order valence-electron chi connectivity index (χ4n) is 2.40. The van der Waals surface area contributed by atoms with Crippen molar-refractivity contribution in [1.29, 1.82) is 0 Å². The van der Waals surface area contributed by atoms with Crippen molar-refractivity contribution >= 4 is 16.7 Å². The molecule has 0 aliphatic rings. The minimum absolute atomic E-state index is 0.104. The Hall–Kier alpha value is -2.42. The number of hydrogen-bond donors (Lipinski definition) is 1. The van der Waals surface area contributed by atoms with Gasteiger partial charge in [0.2, 0.25) is 0 Å². The molecule has 2 N–H and O–H groups in total. The molecule has 3 nitrogen and oxygen atoms in total. The molecule has 1 aromatic carbocycles. The van der Waals surface area contributed by atoms with Crippen LogP contribution in [0.4, 0.5) is 5.82 Å². The zero-order valence-corrected chi connectivity index (χ0v) is 12.6. The molecule has 0 aliphatic heterocycles. The monoisotopic (exact) mass is 277 g/mol. The van der Waals surface area contributed by atoms with Gasteiger partial charge in [-0.05, 0) is 29.2 Å². The van der Waals surface area contributed by atoms with Crippen LogP contribution in [0, 0.1) is 0 Å². The highest BCUT2D eigenvalue weighted by Crippen LogP contribution is 2.30. The molecule has 0 spiro atoms. The van der Waals surface area contributed by atoms with Crippen molar-refractivity contribution in [2.45, 2.75) is 26.2 Å². The first-order valence-corrected chi connectivity index (χ1v) is 7.06. The lowest BCUT2D eigenvalue weighted by Crippen LogP contribution is -2.10. The van der Waals surface area contributed by atoms with Gasteiger partial charge in [-0.1, -0.05) is 39.0 Å². The van der Waals surface area contributed by atoms with E-state index in [1.54, 1.807) is 6.20 Å². The Labute approximate surface area is 124 Å². The number of benzene rings is 1. The standard InChI is InChI=1S/C18H19N3/c1-18(2,3)14-7-6-12-9-15(13-5-4-8-20-11-13)17(19)21-16(12)10-14/h4-11H,1-3H3,(H2,19,21). The Bertz CT molecular complexity index is 787. The summed E-state index contributed by atoms with van der Waals surface area (Å²) in [6, 6.07) is 12.4. The SMILES string of the molecule is CC(C)(C)c1ccc2cc(-c3cccnc3)c(N)nc2c1. The number of nitrogen functional groups attached to an aromatic ring is 1. The van der Waals surface area contributed by atoms with Gasteiger partial charge in [0.1, 0.15) is 5.82 Å². The van der Waals surface area contributed by atoms with Gasteiger partial charge in [0.15, 0.2) is 0 Å². The highest BCUT2D eigenvalue weighted by atomic mass is 14.8. The second kappa shape index (κ2) is 4.85. The summed E-state index contributed by atoms with van der Waals surface area (Å²) in [6.45, 7) is 6.59. The fourth-order valence-corrected chi connectivity index (χ4v) is 2.40. The minimum Gasteiger partial charge on any atom is -0.383 e. The smallest absolute Gasteiger partial charge is 0.132 e. The van der Waals surface area contributed by atoms with Gasteiger partial charge in [-0.3, -0.25) is 4.98 Å². The second-order valence-electron chi connectivity index (χ2n) is 6.32. The molecule has 0 saturated heterocycles. The molecule has 21 heavy (non-hydrogen) atoms. The van der Waals surface area contributed by atoms with Crippen LogP contribution >= 0.6 is 0 Å². The molecule has 0 radical (unpaired) electrons. The Morgan fingerprint density at radius 2 is 1.86 bits per heavy atom. The molecule has 3 heteroatoms. The Balaban J connectivity index is 2.18. The summed E-state index contributed by atoms with van der Waals surface area (Å²) >= 11 is 0. The van der Waals surface area contributed by atoms with Gasteiger partial charge in [-0.25, -0.2) is 4.98 Å². The van der Waals surface area contributed by atoms with Crippen molar-refractivity contribution in [2.24, 2.45) is 0 Å². The molecular weight excluding hydrogens is 258 g/mol. The van der Waals surface area contributed by atoms with Crippen LogP contribution in [-0.4, -0.2) is 9.97 Å². The van der Waals surface area contributed by atoms with Gasteiger partial charge in [-0.2, -0.15) is 0 Å². The molecule has 106 valence electrons. The maximum absolute atomic E-state index is 6.14. The van der Waals surface area contributed by atoms with Crippen molar-refractivity contribution in [2.75, 3.05) is 5.73 Å². The maximum atomic E-state index is 6.14. The van der Waals surface area contributed by atoms with E-state index >= 15 is 0 Å². The molecule has 0 saturated carbocycles. The number of aromatic nitrogens is 2. The predicted molar refractivity (Wildman–Crippen MR) is 88.1 cm³/mol. The average Bonchev–Trinajstić information content (AvgIpc) is 2.46. The number of fused-ring (bicyclic) bond motifs is 1. The van der Waals surface area contributed by atoms with E-state index < -0.39 is 0 Å². The fraction of sp³-hybridized carbons (Fsp3) is 0.222. The van der Waals surface area contributed by atoms with E-state index in [-0.39, 0.29) is 5.41 Å². The van der Waals surface area contributed by atoms with Crippen molar-refractivity contribution in [3.63, 3.8) is 0 Å². The van der Waals surface area contributed by atoms with Gasteiger partial charge < -0.3 is 5.73 Å². The number of rotatable bonds is 1. The van der Waals surface area contributed by atoms with Crippen molar-refractivity contribution in [1.82, 2.24) is 9.97 Å². The molecule has 3 rings (SSSR count). The van der Waals surface area contributed by atoms with Gasteiger partial charge in [0, 0.05) is 28.9 Å². The lowest BCUT2D eigenvalue weighted by molar-refractivity contribution is 0.591. The van der Waals surface area contributed by atoms with Gasteiger partial charge in [0.25, 0.3) is 0 Å². The molecule has 0 amide bonds. The van der Waals surface area contributed by atoms with E-state index in [4.69, 9.17) is 5.73 Å². The van der Waals surface area contributed by atoms with Gasteiger partial charge in [-0.15, -0.1) is 0 Å². The molecule has 0 aliphatic carbocycles. The van der Waals surface area contributed by atoms with E-state index in [2.05, 4.69) is 55.0 Å². The molecule has 3 aromatic rings. The largest absolute Gasteiger partial charge is 0.383 e. The third-order valence-corrected chi connectivity index (χ3v) is 3.69. The number of nitrogens with zero attached hydrogens (tertiary/aromatic N) is 2. The molecule has 0 unspecified atom stereocenters.